The minimum absolute atomic E-state index is 0.237. The fourth-order valence-corrected chi connectivity index (χ4v) is 1.62. The molecule has 82 valence electrons. The zero-order chi connectivity index (χ0) is 11.6. The lowest BCUT2D eigenvalue weighted by Gasteiger charge is -2.14. The molecule has 0 aliphatic rings. The van der Waals surface area contributed by atoms with Crippen LogP contribution in [0.5, 0.6) is 0 Å². The molecule has 0 aliphatic heterocycles. The molecule has 1 N–H and O–H groups in total. The summed E-state index contributed by atoms with van der Waals surface area (Å²) in [6.45, 7) is 1.48. The molecule has 0 amide bonds. The van der Waals surface area contributed by atoms with Crippen molar-refractivity contribution in [1.29, 1.82) is 0 Å². The molecule has 2 rings (SSSR count). The van der Waals surface area contributed by atoms with Gasteiger partial charge in [-0.25, -0.2) is 0 Å². The highest BCUT2D eigenvalue weighted by Crippen LogP contribution is 2.15. The molecule has 1 heterocycles. The second-order valence-corrected chi connectivity index (χ2v) is 4.15. The Hall–Kier alpha value is -1.74. The van der Waals surface area contributed by atoms with E-state index in [4.69, 9.17) is 0 Å². The first-order chi connectivity index (χ1) is 7.61. The number of carbonyl (C=O) groups excluding carboxylic acids is 1. The van der Waals surface area contributed by atoms with Crippen molar-refractivity contribution >= 4 is 17.2 Å². The van der Waals surface area contributed by atoms with Gasteiger partial charge in [-0.05, 0) is 19.1 Å². The molecular formula is C13H13NO2. The van der Waals surface area contributed by atoms with Crippen LogP contribution in [0.4, 0.5) is 0 Å². The number of hydrogen-bond acceptors (Lipinski definition) is 3. The van der Waals surface area contributed by atoms with Crippen molar-refractivity contribution in [1.82, 2.24) is 4.98 Å². The number of benzene rings is 1. The molecule has 1 aromatic carbocycles. The highest BCUT2D eigenvalue weighted by atomic mass is 16.3. The van der Waals surface area contributed by atoms with Gasteiger partial charge in [0.25, 0.3) is 0 Å². The van der Waals surface area contributed by atoms with E-state index in [1.54, 1.807) is 0 Å². The van der Waals surface area contributed by atoms with Crippen molar-refractivity contribution in [2.45, 2.75) is 18.9 Å². The van der Waals surface area contributed by atoms with Gasteiger partial charge in [0.1, 0.15) is 5.60 Å². The molecule has 0 saturated heterocycles. The van der Waals surface area contributed by atoms with Crippen molar-refractivity contribution in [3.63, 3.8) is 0 Å². The first kappa shape index (κ1) is 10.8. The SMILES string of the molecule is CC(O)(C=O)Cc1ccc2ccccc2n1. The summed E-state index contributed by atoms with van der Waals surface area (Å²) in [5, 5.41) is 10.7. The van der Waals surface area contributed by atoms with E-state index < -0.39 is 5.60 Å². The van der Waals surface area contributed by atoms with E-state index in [1.807, 2.05) is 36.4 Å². The van der Waals surface area contributed by atoms with Crippen molar-refractivity contribution in [3.8, 4) is 0 Å². The van der Waals surface area contributed by atoms with Gasteiger partial charge in [0.15, 0.2) is 6.29 Å². The zero-order valence-corrected chi connectivity index (χ0v) is 9.05. The third-order valence-corrected chi connectivity index (χ3v) is 2.45. The van der Waals surface area contributed by atoms with Crippen molar-refractivity contribution < 1.29 is 9.90 Å². The Morgan fingerprint density at radius 3 is 2.81 bits per heavy atom. The van der Waals surface area contributed by atoms with E-state index in [0.29, 0.717) is 6.29 Å². The number of carbonyl (C=O) groups is 1. The average molecular weight is 215 g/mol. The smallest absolute Gasteiger partial charge is 0.151 e. The monoisotopic (exact) mass is 215 g/mol. The van der Waals surface area contributed by atoms with Crippen LogP contribution in [0.15, 0.2) is 36.4 Å². The van der Waals surface area contributed by atoms with Gasteiger partial charge in [0.05, 0.1) is 5.52 Å². The van der Waals surface area contributed by atoms with E-state index in [-0.39, 0.29) is 6.42 Å². The van der Waals surface area contributed by atoms with Crippen LogP contribution in [0, 0.1) is 0 Å². The van der Waals surface area contributed by atoms with E-state index in [2.05, 4.69) is 4.98 Å². The van der Waals surface area contributed by atoms with Crippen LogP contribution in [-0.4, -0.2) is 22.0 Å². The number of rotatable bonds is 3. The second kappa shape index (κ2) is 4.02. The van der Waals surface area contributed by atoms with Crippen molar-refractivity contribution in [2.24, 2.45) is 0 Å². The third-order valence-electron chi connectivity index (χ3n) is 2.45. The summed E-state index contributed by atoms with van der Waals surface area (Å²) >= 11 is 0. The maximum atomic E-state index is 10.6. The highest BCUT2D eigenvalue weighted by Gasteiger charge is 2.20. The summed E-state index contributed by atoms with van der Waals surface area (Å²) < 4.78 is 0. The molecule has 0 fully saturated rings. The van der Waals surface area contributed by atoms with Gasteiger partial charge in [-0.3, -0.25) is 4.98 Å². The largest absolute Gasteiger partial charge is 0.382 e. The van der Waals surface area contributed by atoms with Gasteiger partial charge in [-0.2, -0.15) is 0 Å². The summed E-state index contributed by atoms with van der Waals surface area (Å²) in [5.41, 5.74) is 0.257. The zero-order valence-electron chi connectivity index (χ0n) is 9.05. The number of hydrogen-bond donors (Lipinski definition) is 1. The third kappa shape index (κ3) is 2.25. The molecule has 3 heteroatoms. The Bertz CT molecular complexity index is 520. The number of aldehydes is 1. The van der Waals surface area contributed by atoms with E-state index >= 15 is 0 Å². The minimum Gasteiger partial charge on any atom is -0.382 e. The molecule has 0 spiro atoms. The maximum Gasteiger partial charge on any atom is 0.151 e. The van der Waals surface area contributed by atoms with Gasteiger partial charge in [-0.1, -0.05) is 24.3 Å². The second-order valence-electron chi connectivity index (χ2n) is 4.15. The van der Waals surface area contributed by atoms with E-state index in [9.17, 15) is 9.90 Å². The first-order valence-corrected chi connectivity index (χ1v) is 5.14. The molecule has 3 nitrogen and oxygen atoms in total. The Kier molecular flexibility index (Phi) is 2.71. The predicted octanol–water partition coefficient (Wildman–Crippen LogP) is 1.73. The molecule has 0 aliphatic carbocycles. The Morgan fingerprint density at radius 2 is 2.06 bits per heavy atom. The number of pyridine rings is 1. The van der Waals surface area contributed by atoms with Crippen LogP contribution in [0.25, 0.3) is 10.9 Å². The quantitative estimate of drug-likeness (QED) is 0.793. The molecule has 1 atom stereocenters. The van der Waals surface area contributed by atoms with Gasteiger partial charge >= 0.3 is 0 Å². The normalized spacial score (nSPS) is 14.6. The van der Waals surface area contributed by atoms with Crippen LogP contribution >= 0.6 is 0 Å². The van der Waals surface area contributed by atoms with Crippen molar-refractivity contribution in [2.75, 3.05) is 0 Å². The number of fused-ring (bicyclic) bond motifs is 1. The summed E-state index contributed by atoms with van der Waals surface area (Å²) in [5.74, 6) is 0. The molecule has 1 aromatic heterocycles. The lowest BCUT2D eigenvalue weighted by Crippen LogP contribution is -2.29. The maximum absolute atomic E-state index is 10.6. The number of aromatic nitrogens is 1. The summed E-state index contributed by atoms with van der Waals surface area (Å²) in [6.07, 6.45) is 0.783. The summed E-state index contributed by atoms with van der Waals surface area (Å²) in [7, 11) is 0. The summed E-state index contributed by atoms with van der Waals surface area (Å²) in [4.78, 5) is 15.0. The molecule has 1 unspecified atom stereocenters. The van der Waals surface area contributed by atoms with Crippen LogP contribution in [-0.2, 0) is 11.2 Å². The van der Waals surface area contributed by atoms with Crippen LogP contribution in [0.3, 0.4) is 0 Å². The standard InChI is InChI=1S/C13H13NO2/c1-13(16,9-15)8-11-7-6-10-4-2-3-5-12(10)14-11/h2-7,9,16H,8H2,1H3. The van der Waals surface area contributed by atoms with Gasteiger partial charge in [0, 0.05) is 17.5 Å². The van der Waals surface area contributed by atoms with E-state index in [0.717, 1.165) is 16.6 Å². The van der Waals surface area contributed by atoms with E-state index in [1.165, 1.54) is 6.92 Å². The number of para-hydroxylation sites is 1. The molecule has 0 radical (unpaired) electrons. The molecule has 16 heavy (non-hydrogen) atoms. The van der Waals surface area contributed by atoms with Gasteiger partial charge < -0.3 is 9.90 Å². The van der Waals surface area contributed by atoms with Crippen LogP contribution in [0.1, 0.15) is 12.6 Å². The number of nitrogens with zero attached hydrogens (tertiary/aromatic N) is 1. The summed E-state index contributed by atoms with van der Waals surface area (Å²) in [6, 6.07) is 11.5. The first-order valence-electron chi connectivity index (χ1n) is 5.14. The van der Waals surface area contributed by atoms with Crippen LogP contribution in [0.2, 0.25) is 0 Å². The number of aliphatic hydroxyl groups is 1. The molecule has 0 bridgehead atoms. The molecule has 2 aromatic rings. The van der Waals surface area contributed by atoms with Gasteiger partial charge in [-0.15, -0.1) is 0 Å². The molecule has 0 saturated carbocycles. The molecular weight excluding hydrogens is 202 g/mol. The fraction of sp³-hybridized carbons (Fsp3) is 0.231. The predicted molar refractivity (Wildman–Crippen MR) is 62.1 cm³/mol. The van der Waals surface area contributed by atoms with Gasteiger partial charge in [0.2, 0.25) is 0 Å². The lowest BCUT2D eigenvalue weighted by atomic mass is 10.0. The Morgan fingerprint density at radius 1 is 1.31 bits per heavy atom. The fourth-order valence-electron chi connectivity index (χ4n) is 1.62. The Balaban J connectivity index is 2.36. The Labute approximate surface area is 93.7 Å². The minimum atomic E-state index is -1.34. The lowest BCUT2D eigenvalue weighted by molar-refractivity contribution is -0.122. The van der Waals surface area contributed by atoms with Crippen LogP contribution < -0.4 is 0 Å². The average Bonchev–Trinajstić information content (AvgIpc) is 2.28. The topological polar surface area (TPSA) is 50.2 Å². The highest BCUT2D eigenvalue weighted by molar-refractivity contribution is 5.78. The van der Waals surface area contributed by atoms with Crippen molar-refractivity contribution in [3.05, 3.63) is 42.1 Å².